The topological polar surface area (TPSA) is 155 Å². The van der Waals surface area contributed by atoms with Gasteiger partial charge < -0.3 is 20.7 Å². The first-order valence-electron chi connectivity index (χ1n) is 8.49. The minimum absolute atomic E-state index is 0.0126. The number of nitrogens with one attached hydrogen (secondary N) is 4. The monoisotopic (exact) mass is 386 g/mol. The summed E-state index contributed by atoms with van der Waals surface area (Å²) in [5, 5.41) is 13.4. The fourth-order valence-corrected chi connectivity index (χ4v) is 2.59. The summed E-state index contributed by atoms with van der Waals surface area (Å²) < 4.78 is 5.11. The lowest BCUT2D eigenvalue weighted by atomic mass is 10.0. The molecule has 4 N–H and O–H groups in total. The third-order valence-electron chi connectivity index (χ3n) is 4.02. The number of nitrogens with zero attached hydrogens (tertiary/aromatic N) is 2. The van der Waals surface area contributed by atoms with Gasteiger partial charge in [0.05, 0.1) is 6.04 Å². The van der Waals surface area contributed by atoms with E-state index in [2.05, 4.69) is 31.1 Å². The Morgan fingerprint density at radius 3 is 2.75 bits per heavy atom. The predicted molar refractivity (Wildman–Crippen MR) is 93.5 cm³/mol. The van der Waals surface area contributed by atoms with Crippen molar-refractivity contribution in [3.8, 4) is 0 Å². The molecule has 0 spiro atoms. The zero-order valence-electron chi connectivity index (χ0n) is 14.7. The van der Waals surface area contributed by atoms with Crippen molar-refractivity contribution in [1.82, 2.24) is 31.1 Å². The highest BCUT2D eigenvalue weighted by Crippen LogP contribution is 2.10. The summed E-state index contributed by atoms with van der Waals surface area (Å²) in [5.41, 5.74) is 0.775. The molecular weight excluding hydrogens is 368 g/mol. The number of benzene rings is 1. The Kier molecular flexibility index (Phi) is 5.94. The molecule has 2 atom stereocenters. The first kappa shape index (κ1) is 19.0. The summed E-state index contributed by atoms with van der Waals surface area (Å²) in [5.74, 6) is -2.17. The van der Waals surface area contributed by atoms with Gasteiger partial charge in [-0.15, -0.1) is 0 Å². The molecule has 146 valence electrons. The lowest BCUT2D eigenvalue weighted by molar-refractivity contribution is -0.141. The van der Waals surface area contributed by atoms with Crippen molar-refractivity contribution < 1.29 is 23.9 Å². The standard InChI is InChI=1S/C17H18N6O5/c24-13-11(6-7-18-16(13)26)21-15(25)12(14-19-9-20-23-14)22-17(27)28-8-10-4-2-1-3-5-10/h1-5,9,11-12H,6-8H2,(H,18,26)(H,21,25)(H,22,27)(H,19,20,23). The van der Waals surface area contributed by atoms with E-state index >= 15 is 0 Å². The molecule has 0 saturated carbocycles. The number of carbonyl (C=O) groups is 4. The van der Waals surface area contributed by atoms with E-state index in [9.17, 15) is 19.2 Å². The first-order chi connectivity index (χ1) is 13.5. The van der Waals surface area contributed by atoms with Gasteiger partial charge in [-0.1, -0.05) is 30.3 Å². The second-order valence-corrected chi connectivity index (χ2v) is 5.98. The van der Waals surface area contributed by atoms with E-state index in [1.807, 2.05) is 6.07 Å². The molecule has 0 bridgehead atoms. The van der Waals surface area contributed by atoms with Gasteiger partial charge in [0.2, 0.25) is 5.78 Å². The molecule has 1 aromatic carbocycles. The van der Waals surface area contributed by atoms with Gasteiger partial charge in [-0.2, -0.15) is 5.10 Å². The molecule has 1 aliphatic rings. The Morgan fingerprint density at radius 1 is 1.25 bits per heavy atom. The highest BCUT2D eigenvalue weighted by Gasteiger charge is 2.34. The summed E-state index contributed by atoms with van der Waals surface area (Å²) in [6.45, 7) is 0.272. The van der Waals surface area contributed by atoms with Crippen LogP contribution in [0.1, 0.15) is 23.9 Å². The maximum absolute atomic E-state index is 12.6. The zero-order valence-corrected chi connectivity index (χ0v) is 14.7. The van der Waals surface area contributed by atoms with E-state index in [1.165, 1.54) is 6.33 Å². The fraction of sp³-hybridized carbons (Fsp3) is 0.294. The Labute approximate surface area is 159 Å². The van der Waals surface area contributed by atoms with Gasteiger partial charge in [0.15, 0.2) is 11.9 Å². The van der Waals surface area contributed by atoms with Gasteiger partial charge in [-0.25, -0.2) is 9.78 Å². The molecule has 1 aliphatic heterocycles. The SMILES string of the molecule is O=C(NC(C(=O)NC1CCNC(=O)C1=O)c1ncn[nH]1)OCc1ccccc1. The van der Waals surface area contributed by atoms with E-state index in [0.29, 0.717) is 0 Å². The number of carbonyl (C=O) groups excluding carboxylic acids is 4. The number of rotatable bonds is 6. The number of ether oxygens (including phenoxy) is 1. The van der Waals surface area contributed by atoms with Crippen LogP contribution in [-0.4, -0.2) is 51.5 Å². The third-order valence-corrected chi connectivity index (χ3v) is 4.02. The Balaban J connectivity index is 1.64. The number of ketones is 1. The van der Waals surface area contributed by atoms with Crippen molar-refractivity contribution in [3.05, 3.63) is 48.0 Å². The normalized spacial score (nSPS) is 17.4. The van der Waals surface area contributed by atoms with Crippen LogP contribution in [0.25, 0.3) is 0 Å². The second kappa shape index (κ2) is 8.75. The van der Waals surface area contributed by atoms with Crippen LogP contribution in [0.5, 0.6) is 0 Å². The average Bonchev–Trinajstić information content (AvgIpc) is 3.23. The van der Waals surface area contributed by atoms with Gasteiger partial charge in [0.1, 0.15) is 12.9 Å². The van der Waals surface area contributed by atoms with E-state index in [0.717, 1.165) is 5.56 Å². The van der Waals surface area contributed by atoms with Crippen molar-refractivity contribution in [1.29, 1.82) is 0 Å². The molecule has 2 aromatic rings. The summed E-state index contributed by atoms with van der Waals surface area (Å²) in [4.78, 5) is 52.0. The number of hydrogen-bond acceptors (Lipinski definition) is 7. The quantitative estimate of drug-likeness (QED) is 0.481. The maximum Gasteiger partial charge on any atom is 0.408 e. The number of aromatic amines is 1. The molecule has 28 heavy (non-hydrogen) atoms. The molecular formula is C17H18N6O5. The fourth-order valence-electron chi connectivity index (χ4n) is 2.59. The number of amides is 3. The summed E-state index contributed by atoms with van der Waals surface area (Å²) in [6, 6.07) is 6.76. The highest BCUT2D eigenvalue weighted by atomic mass is 16.5. The molecule has 0 aliphatic carbocycles. The van der Waals surface area contributed by atoms with E-state index in [-0.39, 0.29) is 25.4 Å². The van der Waals surface area contributed by atoms with Crippen LogP contribution in [0.4, 0.5) is 4.79 Å². The Morgan fingerprint density at radius 2 is 2.04 bits per heavy atom. The summed E-state index contributed by atoms with van der Waals surface area (Å²) >= 11 is 0. The number of H-pyrrole nitrogens is 1. The van der Waals surface area contributed by atoms with Gasteiger partial charge in [-0.05, 0) is 12.0 Å². The Bertz CT molecular complexity index is 854. The summed E-state index contributed by atoms with van der Waals surface area (Å²) in [6.07, 6.45) is 0.567. The molecule has 3 rings (SSSR count). The van der Waals surface area contributed by atoms with Crippen LogP contribution in [0.15, 0.2) is 36.7 Å². The van der Waals surface area contributed by atoms with Crippen LogP contribution in [-0.2, 0) is 25.7 Å². The second-order valence-electron chi connectivity index (χ2n) is 5.98. The number of aromatic nitrogens is 3. The molecule has 1 saturated heterocycles. The maximum atomic E-state index is 12.6. The highest BCUT2D eigenvalue weighted by molar-refractivity contribution is 6.39. The number of piperidine rings is 1. The molecule has 0 radical (unpaired) electrons. The molecule has 11 heteroatoms. The predicted octanol–water partition coefficient (Wildman–Crippen LogP) is -0.654. The third kappa shape index (κ3) is 4.69. The van der Waals surface area contributed by atoms with Gasteiger partial charge >= 0.3 is 6.09 Å². The lowest BCUT2D eigenvalue weighted by Crippen LogP contribution is -2.55. The van der Waals surface area contributed by atoms with E-state index < -0.39 is 35.8 Å². The van der Waals surface area contributed by atoms with Gasteiger partial charge in [0.25, 0.3) is 11.8 Å². The van der Waals surface area contributed by atoms with E-state index in [4.69, 9.17) is 4.74 Å². The number of Topliss-reactive ketones (excluding diaryl/α,β-unsaturated/α-hetero) is 1. The molecule has 3 amide bonds. The molecule has 11 nitrogen and oxygen atoms in total. The largest absolute Gasteiger partial charge is 0.445 e. The zero-order chi connectivity index (χ0) is 19.9. The molecule has 1 fully saturated rings. The molecule has 2 unspecified atom stereocenters. The van der Waals surface area contributed by atoms with Crippen LogP contribution in [0, 0.1) is 0 Å². The van der Waals surface area contributed by atoms with Crippen molar-refractivity contribution in [2.24, 2.45) is 0 Å². The van der Waals surface area contributed by atoms with E-state index in [1.54, 1.807) is 24.3 Å². The Hall–Kier alpha value is -3.76. The average molecular weight is 386 g/mol. The van der Waals surface area contributed by atoms with Crippen molar-refractivity contribution in [2.45, 2.75) is 25.1 Å². The summed E-state index contributed by atoms with van der Waals surface area (Å²) in [7, 11) is 0. The van der Waals surface area contributed by atoms with Crippen LogP contribution >= 0.6 is 0 Å². The van der Waals surface area contributed by atoms with Crippen molar-refractivity contribution in [3.63, 3.8) is 0 Å². The van der Waals surface area contributed by atoms with Crippen LogP contribution in [0.2, 0.25) is 0 Å². The number of hydrogen-bond donors (Lipinski definition) is 4. The molecule has 1 aromatic heterocycles. The van der Waals surface area contributed by atoms with Gasteiger partial charge in [-0.3, -0.25) is 19.5 Å². The van der Waals surface area contributed by atoms with Crippen LogP contribution < -0.4 is 16.0 Å². The first-order valence-corrected chi connectivity index (χ1v) is 8.49. The van der Waals surface area contributed by atoms with Crippen LogP contribution in [0.3, 0.4) is 0 Å². The number of alkyl carbamates (subject to hydrolysis) is 1. The smallest absolute Gasteiger partial charge is 0.408 e. The molecule has 2 heterocycles. The van der Waals surface area contributed by atoms with Crippen molar-refractivity contribution >= 4 is 23.7 Å². The van der Waals surface area contributed by atoms with Crippen molar-refractivity contribution in [2.75, 3.05) is 6.54 Å². The van der Waals surface area contributed by atoms with Gasteiger partial charge in [0, 0.05) is 6.54 Å². The minimum atomic E-state index is -1.27. The lowest BCUT2D eigenvalue weighted by Gasteiger charge is -2.24. The minimum Gasteiger partial charge on any atom is -0.445 e.